The fraction of sp³-hybridized carbons (Fsp3) is 0.462. The first-order valence-corrected chi connectivity index (χ1v) is 6.29. The van der Waals surface area contributed by atoms with Gasteiger partial charge in [-0.15, -0.1) is 0 Å². The number of methoxy groups -OCH3 is 1. The number of anilines is 1. The van der Waals surface area contributed by atoms with Crippen LogP contribution in [0.3, 0.4) is 0 Å². The minimum absolute atomic E-state index is 0.0314. The van der Waals surface area contributed by atoms with Gasteiger partial charge in [-0.05, 0) is 32.0 Å². The molecule has 0 unspecified atom stereocenters. The van der Waals surface area contributed by atoms with Crippen molar-refractivity contribution in [2.75, 3.05) is 26.0 Å². The molecule has 18 heavy (non-hydrogen) atoms. The molecule has 1 aliphatic rings. The van der Waals surface area contributed by atoms with Gasteiger partial charge >= 0.3 is 0 Å². The molecule has 1 aliphatic carbocycles. The minimum atomic E-state index is -0.252. The van der Waals surface area contributed by atoms with E-state index in [-0.39, 0.29) is 11.3 Å². The number of hydrogen-bond acceptors (Lipinski definition) is 3. The summed E-state index contributed by atoms with van der Waals surface area (Å²) in [6.07, 6.45) is 1.85. The molecule has 1 fully saturated rings. The molecule has 2 N–H and O–H groups in total. The van der Waals surface area contributed by atoms with Gasteiger partial charge in [0, 0.05) is 12.6 Å². The van der Waals surface area contributed by atoms with Crippen LogP contribution in [-0.2, 0) is 4.79 Å². The number of carbonyl (C=O) groups excluding carboxylic acids is 1. The predicted molar refractivity (Wildman–Crippen MR) is 72.2 cm³/mol. The van der Waals surface area contributed by atoms with Crippen molar-refractivity contribution in [3.8, 4) is 5.75 Å². The number of amides is 1. The number of rotatable bonds is 5. The average Bonchev–Trinajstić information content (AvgIpc) is 3.13. The maximum Gasteiger partial charge on any atom is 0.231 e. The number of nitrogens with one attached hydrogen (secondary N) is 2. The molecule has 0 heterocycles. The van der Waals surface area contributed by atoms with Crippen molar-refractivity contribution in [1.82, 2.24) is 5.32 Å². The molecule has 4 nitrogen and oxygen atoms in total. The van der Waals surface area contributed by atoms with E-state index in [1.165, 1.54) is 0 Å². The van der Waals surface area contributed by atoms with E-state index in [1.807, 2.05) is 7.05 Å². The zero-order chi connectivity index (χ0) is 13.2. The van der Waals surface area contributed by atoms with Crippen LogP contribution in [0.1, 0.15) is 12.8 Å². The Kier molecular flexibility index (Phi) is 3.78. The molecule has 0 radical (unpaired) electrons. The van der Waals surface area contributed by atoms with Crippen LogP contribution >= 0.6 is 11.6 Å². The Morgan fingerprint density at radius 2 is 2.22 bits per heavy atom. The summed E-state index contributed by atoms with van der Waals surface area (Å²) in [7, 11) is 3.43. The molecule has 0 bridgehead atoms. The third-order valence-electron chi connectivity index (χ3n) is 3.27. The number of carbonyl (C=O) groups is 1. The third kappa shape index (κ3) is 2.60. The molecule has 1 saturated carbocycles. The van der Waals surface area contributed by atoms with Gasteiger partial charge in [0.1, 0.15) is 5.75 Å². The third-order valence-corrected chi connectivity index (χ3v) is 3.59. The molecule has 0 atom stereocenters. The van der Waals surface area contributed by atoms with Crippen molar-refractivity contribution in [2.45, 2.75) is 12.8 Å². The van der Waals surface area contributed by atoms with Gasteiger partial charge in [0.25, 0.3) is 0 Å². The lowest BCUT2D eigenvalue weighted by atomic mass is 10.1. The van der Waals surface area contributed by atoms with Crippen LogP contribution in [0.15, 0.2) is 18.2 Å². The van der Waals surface area contributed by atoms with Crippen LogP contribution in [0, 0.1) is 5.41 Å². The Hall–Kier alpha value is -1.26. The van der Waals surface area contributed by atoms with Gasteiger partial charge in [0.2, 0.25) is 5.91 Å². The van der Waals surface area contributed by atoms with Gasteiger partial charge in [0.05, 0.1) is 23.2 Å². The predicted octanol–water partition coefficient (Wildman–Crippen LogP) is 2.29. The first kappa shape index (κ1) is 13.2. The summed E-state index contributed by atoms with van der Waals surface area (Å²) in [5.74, 6) is 0.707. The topological polar surface area (TPSA) is 50.4 Å². The van der Waals surface area contributed by atoms with Crippen molar-refractivity contribution >= 4 is 23.2 Å². The van der Waals surface area contributed by atoms with E-state index in [0.717, 1.165) is 12.8 Å². The molecule has 0 spiro atoms. The summed E-state index contributed by atoms with van der Waals surface area (Å²) >= 11 is 6.09. The molecule has 2 rings (SSSR count). The van der Waals surface area contributed by atoms with Crippen molar-refractivity contribution in [3.63, 3.8) is 0 Å². The second kappa shape index (κ2) is 5.16. The largest absolute Gasteiger partial charge is 0.497 e. The molecule has 5 heteroatoms. The molecule has 98 valence electrons. The lowest BCUT2D eigenvalue weighted by molar-refractivity contribution is -0.120. The summed E-state index contributed by atoms with van der Waals surface area (Å²) < 4.78 is 5.07. The smallest absolute Gasteiger partial charge is 0.231 e. The van der Waals surface area contributed by atoms with E-state index in [0.29, 0.717) is 23.0 Å². The molecule has 0 saturated heterocycles. The summed E-state index contributed by atoms with van der Waals surface area (Å²) in [6, 6.07) is 5.22. The normalized spacial score (nSPS) is 16.2. The van der Waals surface area contributed by atoms with Gasteiger partial charge in [-0.1, -0.05) is 11.6 Å². The van der Waals surface area contributed by atoms with Crippen LogP contribution in [0.5, 0.6) is 5.75 Å². The summed E-state index contributed by atoms with van der Waals surface area (Å²) in [5.41, 5.74) is 0.378. The Morgan fingerprint density at radius 3 is 2.72 bits per heavy atom. The van der Waals surface area contributed by atoms with E-state index in [4.69, 9.17) is 16.3 Å². The Labute approximate surface area is 112 Å². The minimum Gasteiger partial charge on any atom is -0.497 e. The molecule has 0 aliphatic heterocycles. The van der Waals surface area contributed by atoms with E-state index in [1.54, 1.807) is 25.3 Å². The van der Waals surface area contributed by atoms with E-state index >= 15 is 0 Å². The van der Waals surface area contributed by atoms with Crippen LogP contribution in [-0.4, -0.2) is 26.6 Å². The summed E-state index contributed by atoms with van der Waals surface area (Å²) in [5, 5.41) is 6.43. The van der Waals surface area contributed by atoms with Crippen molar-refractivity contribution in [1.29, 1.82) is 0 Å². The fourth-order valence-corrected chi connectivity index (χ4v) is 2.17. The maximum absolute atomic E-state index is 12.2. The monoisotopic (exact) mass is 268 g/mol. The van der Waals surface area contributed by atoms with E-state index in [9.17, 15) is 4.79 Å². The zero-order valence-electron chi connectivity index (χ0n) is 10.5. The lowest BCUT2D eigenvalue weighted by Gasteiger charge is -2.15. The highest BCUT2D eigenvalue weighted by Gasteiger charge is 2.49. The summed E-state index contributed by atoms with van der Waals surface area (Å²) in [4.78, 5) is 12.2. The van der Waals surface area contributed by atoms with Crippen LogP contribution in [0.25, 0.3) is 0 Å². The SMILES string of the molecule is CNCC1(C(=O)Nc2ccc(OC)cc2Cl)CC1. The number of hydrogen-bond donors (Lipinski definition) is 2. The molecular formula is C13H17ClN2O2. The Bertz CT molecular complexity index is 458. The number of ether oxygens (including phenoxy) is 1. The van der Waals surface area contributed by atoms with E-state index in [2.05, 4.69) is 10.6 Å². The lowest BCUT2D eigenvalue weighted by Crippen LogP contribution is -2.32. The van der Waals surface area contributed by atoms with E-state index < -0.39 is 0 Å². The molecule has 1 amide bonds. The van der Waals surface area contributed by atoms with Crippen molar-refractivity contribution < 1.29 is 9.53 Å². The summed E-state index contributed by atoms with van der Waals surface area (Å²) in [6.45, 7) is 0.701. The highest BCUT2D eigenvalue weighted by atomic mass is 35.5. The number of halogens is 1. The quantitative estimate of drug-likeness (QED) is 0.861. The highest BCUT2D eigenvalue weighted by molar-refractivity contribution is 6.33. The number of benzene rings is 1. The Morgan fingerprint density at radius 1 is 1.50 bits per heavy atom. The van der Waals surface area contributed by atoms with Crippen molar-refractivity contribution in [3.05, 3.63) is 23.2 Å². The molecule has 0 aromatic heterocycles. The second-order valence-corrected chi connectivity index (χ2v) is 5.02. The van der Waals surface area contributed by atoms with Gasteiger partial charge in [-0.25, -0.2) is 0 Å². The average molecular weight is 269 g/mol. The van der Waals surface area contributed by atoms with Crippen LogP contribution in [0.4, 0.5) is 5.69 Å². The van der Waals surface area contributed by atoms with Gasteiger partial charge < -0.3 is 15.4 Å². The molecular weight excluding hydrogens is 252 g/mol. The van der Waals surface area contributed by atoms with Gasteiger partial charge in [-0.2, -0.15) is 0 Å². The van der Waals surface area contributed by atoms with Crippen LogP contribution < -0.4 is 15.4 Å². The zero-order valence-corrected chi connectivity index (χ0v) is 11.3. The highest BCUT2D eigenvalue weighted by Crippen LogP contribution is 2.46. The first-order valence-electron chi connectivity index (χ1n) is 5.91. The fourth-order valence-electron chi connectivity index (χ4n) is 1.95. The maximum atomic E-state index is 12.2. The standard InChI is InChI=1S/C13H17ClN2O2/c1-15-8-13(5-6-13)12(17)16-11-4-3-9(18-2)7-10(11)14/h3-4,7,15H,5-6,8H2,1-2H3,(H,16,17). The van der Waals surface area contributed by atoms with Gasteiger partial charge in [0.15, 0.2) is 0 Å². The first-order chi connectivity index (χ1) is 8.61. The molecule has 1 aromatic carbocycles. The Balaban J connectivity index is 2.08. The van der Waals surface area contributed by atoms with Gasteiger partial charge in [-0.3, -0.25) is 4.79 Å². The second-order valence-electron chi connectivity index (χ2n) is 4.61. The van der Waals surface area contributed by atoms with Crippen LogP contribution in [0.2, 0.25) is 5.02 Å². The van der Waals surface area contributed by atoms with Crippen molar-refractivity contribution in [2.24, 2.45) is 5.41 Å². The molecule has 1 aromatic rings.